The van der Waals surface area contributed by atoms with Crippen LogP contribution in [0.2, 0.25) is 0 Å². The minimum absolute atomic E-state index is 0.0507. The van der Waals surface area contributed by atoms with Gasteiger partial charge in [-0.05, 0) is 13.0 Å². The fourth-order valence-corrected chi connectivity index (χ4v) is 1.51. The van der Waals surface area contributed by atoms with Crippen LogP contribution in [0.25, 0.3) is 5.76 Å². The number of ether oxygens (including phenoxy) is 2. The molecule has 1 aliphatic rings. The molecule has 0 atom stereocenters. The molecule has 1 heterocycles. The van der Waals surface area contributed by atoms with Gasteiger partial charge < -0.3 is 9.47 Å². The molecule has 1 aliphatic heterocycles. The molecule has 2 rings (SSSR count). The molecule has 0 unspecified atom stereocenters. The second kappa shape index (κ2) is 4.37. The number of fused-ring (bicyclic) bond motifs is 1. The third-order valence-electron chi connectivity index (χ3n) is 2.24. The summed E-state index contributed by atoms with van der Waals surface area (Å²) in [5.74, 6) is -3.36. The van der Waals surface area contributed by atoms with E-state index in [1.807, 2.05) is 0 Å². The third-order valence-corrected chi connectivity index (χ3v) is 2.24. The highest BCUT2D eigenvalue weighted by Gasteiger charge is 2.31. The monoisotopic (exact) mass is 236 g/mol. The highest BCUT2D eigenvalue weighted by atomic mass is 19.1. The number of carbonyl (C=O) groups excluding carboxylic acids is 2. The standard InChI is InChI=1S/C12H9FO4/c1-2-16-12(15)9(13)10-7-5-3-4-6-8(7)11(14)17-10/h3-6H,2H2,1H3/b10-9-. The van der Waals surface area contributed by atoms with Crippen LogP contribution in [-0.2, 0) is 14.3 Å². The first-order chi connectivity index (χ1) is 8.15. The lowest BCUT2D eigenvalue weighted by Crippen LogP contribution is -2.06. The number of hydrogen-bond donors (Lipinski definition) is 0. The molecule has 0 aromatic heterocycles. The predicted octanol–water partition coefficient (Wildman–Crippen LogP) is 2.06. The van der Waals surface area contributed by atoms with E-state index >= 15 is 0 Å². The Morgan fingerprint density at radius 2 is 2.00 bits per heavy atom. The van der Waals surface area contributed by atoms with Crippen LogP contribution in [0.1, 0.15) is 22.8 Å². The van der Waals surface area contributed by atoms with E-state index < -0.39 is 17.8 Å². The van der Waals surface area contributed by atoms with Gasteiger partial charge in [0.1, 0.15) is 0 Å². The molecule has 0 saturated heterocycles. The maximum atomic E-state index is 13.7. The van der Waals surface area contributed by atoms with Crippen molar-refractivity contribution in [2.75, 3.05) is 6.61 Å². The van der Waals surface area contributed by atoms with Crippen LogP contribution in [0.3, 0.4) is 0 Å². The lowest BCUT2D eigenvalue weighted by atomic mass is 10.1. The lowest BCUT2D eigenvalue weighted by Gasteiger charge is -2.02. The number of esters is 2. The number of halogens is 1. The van der Waals surface area contributed by atoms with Crippen molar-refractivity contribution in [2.45, 2.75) is 6.92 Å². The van der Waals surface area contributed by atoms with E-state index in [1.165, 1.54) is 12.1 Å². The van der Waals surface area contributed by atoms with E-state index in [9.17, 15) is 14.0 Å². The van der Waals surface area contributed by atoms with Crippen LogP contribution in [0, 0.1) is 0 Å². The molecule has 4 nitrogen and oxygen atoms in total. The van der Waals surface area contributed by atoms with Gasteiger partial charge in [-0.2, -0.15) is 4.39 Å². The van der Waals surface area contributed by atoms with Crippen molar-refractivity contribution in [3.8, 4) is 0 Å². The molecule has 0 aliphatic carbocycles. The normalized spacial score (nSPS) is 16.2. The van der Waals surface area contributed by atoms with E-state index in [0.29, 0.717) is 0 Å². The van der Waals surface area contributed by atoms with Gasteiger partial charge in [0.05, 0.1) is 12.2 Å². The summed E-state index contributed by atoms with van der Waals surface area (Å²) in [6.45, 7) is 1.61. The smallest absolute Gasteiger partial charge is 0.371 e. The van der Waals surface area contributed by atoms with Gasteiger partial charge in [0.25, 0.3) is 5.83 Å². The zero-order valence-corrected chi connectivity index (χ0v) is 9.03. The highest BCUT2D eigenvalue weighted by molar-refractivity contribution is 6.07. The van der Waals surface area contributed by atoms with Gasteiger partial charge >= 0.3 is 11.9 Å². The number of cyclic esters (lactones) is 1. The summed E-state index contributed by atoms with van der Waals surface area (Å²) in [5.41, 5.74) is 0.505. The van der Waals surface area contributed by atoms with Crippen molar-refractivity contribution in [3.63, 3.8) is 0 Å². The summed E-state index contributed by atoms with van der Waals surface area (Å²) in [6.07, 6.45) is 0. The van der Waals surface area contributed by atoms with Crippen LogP contribution in [0.4, 0.5) is 4.39 Å². The van der Waals surface area contributed by atoms with E-state index in [1.54, 1.807) is 19.1 Å². The van der Waals surface area contributed by atoms with Gasteiger partial charge in [-0.1, -0.05) is 18.2 Å². The Hall–Kier alpha value is -2.17. The van der Waals surface area contributed by atoms with Gasteiger partial charge in [0.15, 0.2) is 5.76 Å². The van der Waals surface area contributed by atoms with E-state index in [0.717, 1.165) is 0 Å². The number of rotatable bonds is 2. The SMILES string of the molecule is CCOC(=O)/C(F)=C1/OC(=O)c2ccccc21. The lowest BCUT2D eigenvalue weighted by molar-refractivity contribution is -0.140. The van der Waals surface area contributed by atoms with Crippen LogP contribution in [0.15, 0.2) is 30.1 Å². The summed E-state index contributed by atoms with van der Waals surface area (Å²) in [6, 6.07) is 6.27. The second-order valence-corrected chi connectivity index (χ2v) is 3.30. The number of carbonyl (C=O) groups is 2. The first-order valence-electron chi connectivity index (χ1n) is 5.03. The fourth-order valence-electron chi connectivity index (χ4n) is 1.51. The Bertz CT molecular complexity index is 519. The molecule has 0 N–H and O–H groups in total. The third kappa shape index (κ3) is 1.91. The zero-order valence-electron chi connectivity index (χ0n) is 9.03. The summed E-state index contributed by atoms with van der Waals surface area (Å²) in [7, 11) is 0. The molecule has 88 valence electrons. The van der Waals surface area contributed by atoms with Crippen molar-refractivity contribution in [2.24, 2.45) is 0 Å². The fraction of sp³-hybridized carbons (Fsp3) is 0.167. The molecular formula is C12H9FO4. The molecule has 0 spiro atoms. The molecule has 5 heteroatoms. The van der Waals surface area contributed by atoms with Crippen molar-refractivity contribution in [3.05, 3.63) is 41.2 Å². The summed E-state index contributed by atoms with van der Waals surface area (Å²) in [4.78, 5) is 22.6. The molecule has 1 aromatic carbocycles. The Labute approximate surface area is 96.6 Å². The predicted molar refractivity (Wildman–Crippen MR) is 56.5 cm³/mol. The molecule has 0 fully saturated rings. The second-order valence-electron chi connectivity index (χ2n) is 3.30. The summed E-state index contributed by atoms with van der Waals surface area (Å²) < 4.78 is 22.9. The average molecular weight is 236 g/mol. The first kappa shape index (κ1) is 11.3. The molecule has 17 heavy (non-hydrogen) atoms. The molecule has 0 saturated carbocycles. The molecular weight excluding hydrogens is 227 g/mol. The maximum absolute atomic E-state index is 13.7. The van der Waals surface area contributed by atoms with Gasteiger partial charge in [-0.3, -0.25) is 0 Å². The van der Waals surface area contributed by atoms with Gasteiger partial charge in [0, 0.05) is 5.56 Å². The summed E-state index contributed by atoms with van der Waals surface area (Å²) in [5, 5.41) is 0. The average Bonchev–Trinajstić information content (AvgIpc) is 2.67. The number of benzene rings is 1. The van der Waals surface area contributed by atoms with Crippen molar-refractivity contribution in [1.82, 2.24) is 0 Å². The van der Waals surface area contributed by atoms with E-state index in [2.05, 4.69) is 4.74 Å². The maximum Gasteiger partial charge on any atom is 0.371 e. The Morgan fingerprint density at radius 3 is 2.65 bits per heavy atom. The van der Waals surface area contributed by atoms with Crippen LogP contribution >= 0.6 is 0 Å². The quantitative estimate of drug-likeness (QED) is 0.582. The zero-order chi connectivity index (χ0) is 12.4. The molecule has 0 bridgehead atoms. The van der Waals surface area contributed by atoms with Gasteiger partial charge in [0.2, 0.25) is 0 Å². The summed E-state index contributed by atoms with van der Waals surface area (Å²) >= 11 is 0. The Kier molecular flexibility index (Phi) is 2.91. The number of hydrogen-bond acceptors (Lipinski definition) is 4. The van der Waals surface area contributed by atoms with Gasteiger partial charge in [-0.25, -0.2) is 9.59 Å². The first-order valence-corrected chi connectivity index (χ1v) is 5.03. The van der Waals surface area contributed by atoms with Crippen molar-refractivity contribution < 1.29 is 23.5 Å². The van der Waals surface area contributed by atoms with Crippen LogP contribution in [-0.4, -0.2) is 18.5 Å². The molecule has 1 aromatic rings. The molecule has 0 radical (unpaired) electrons. The minimum atomic E-state index is -1.19. The molecule has 0 amide bonds. The van der Waals surface area contributed by atoms with Crippen LogP contribution in [0.5, 0.6) is 0 Å². The highest BCUT2D eigenvalue weighted by Crippen LogP contribution is 2.32. The van der Waals surface area contributed by atoms with Crippen molar-refractivity contribution in [1.29, 1.82) is 0 Å². The Morgan fingerprint density at radius 1 is 1.35 bits per heavy atom. The van der Waals surface area contributed by atoms with Gasteiger partial charge in [-0.15, -0.1) is 0 Å². The Balaban J connectivity index is 2.46. The van der Waals surface area contributed by atoms with E-state index in [4.69, 9.17) is 4.74 Å². The largest absolute Gasteiger partial charge is 0.461 e. The van der Waals surface area contributed by atoms with Crippen molar-refractivity contribution >= 4 is 17.7 Å². The van der Waals surface area contributed by atoms with E-state index in [-0.39, 0.29) is 23.5 Å². The topological polar surface area (TPSA) is 52.6 Å². The minimum Gasteiger partial charge on any atom is -0.461 e. The van der Waals surface area contributed by atoms with Crippen LogP contribution < -0.4 is 0 Å².